The van der Waals surface area contributed by atoms with Gasteiger partial charge in [0.25, 0.3) is 0 Å². The lowest BCUT2D eigenvalue weighted by molar-refractivity contribution is -0.360. The number of anilines is 2. The molecule has 2 aromatic heterocycles. The first-order valence-corrected chi connectivity index (χ1v) is 12.9. The third-order valence-corrected chi connectivity index (χ3v) is 6.25. The molecule has 222 valence electrons. The molecule has 3 aromatic carbocycles. The molecular formula is C29H24F5N7O2. The second-order valence-electron chi connectivity index (χ2n) is 9.61. The average molecular weight is 598 g/mol. The summed E-state index contributed by atoms with van der Waals surface area (Å²) in [6, 6.07) is 18.5. The number of hydrogen-bond acceptors (Lipinski definition) is 5. The van der Waals surface area contributed by atoms with Crippen LogP contribution in [-0.4, -0.2) is 42.6 Å². The standard InChI is InChI=1S/C29H24F5N7O2/c1-18(2)23-5-3-4-6-24(23)40-16-15-35-26(40)38-27(42)37-20-9-7-19(8-10-20)25-36-17-41(39-25)21-11-13-22(14-12-21)43-29(33,34)28(30,31)32/h3-18H,1-2H3,(H2,35,37,38,42). The van der Waals surface area contributed by atoms with Crippen molar-refractivity contribution in [2.45, 2.75) is 32.1 Å². The van der Waals surface area contributed by atoms with Crippen LogP contribution in [0.25, 0.3) is 22.8 Å². The highest BCUT2D eigenvalue weighted by Crippen LogP contribution is 2.37. The first-order valence-electron chi connectivity index (χ1n) is 12.9. The fourth-order valence-electron chi connectivity index (χ4n) is 4.14. The van der Waals surface area contributed by atoms with E-state index in [4.69, 9.17) is 0 Å². The number of carbonyl (C=O) groups is 1. The van der Waals surface area contributed by atoms with Gasteiger partial charge in [0, 0.05) is 23.6 Å². The van der Waals surface area contributed by atoms with E-state index in [9.17, 15) is 26.7 Å². The van der Waals surface area contributed by atoms with E-state index in [1.807, 2.05) is 24.3 Å². The van der Waals surface area contributed by atoms with Crippen LogP contribution in [0.4, 0.5) is 38.4 Å². The summed E-state index contributed by atoms with van der Waals surface area (Å²) in [5.74, 6) is 0.265. The van der Waals surface area contributed by atoms with E-state index in [1.165, 1.54) is 23.1 Å². The summed E-state index contributed by atoms with van der Waals surface area (Å²) in [5, 5.41) is 9.83. The van der Waals surface area contributed by atoms with Gasteiger partial charge >= 0.3 is 18.3 Å². The van der Waals surface area contributed by atoms with Gasteiger partial charge in [-0.25, -0.2) is 19.4 Å². The maximum atomic E-state index is 13.1. The summed E-state index contributed by atoms with van der Waals surface area (Å²) >= 11 is 0. The third kappa shape index (κ3) is 6.47. The van der Waals surface area contributed by atoms with Gasteiger partial charge in [0.15, 0.2) is 5.82 Å². The molecule has 0 spiro atoms. The van der Waals surface area contributed by atoms with Crippen molar-refractivity contribution in [3.63, 3.8) is 0 Å². The maximum absolute atomic E-state index is 13.1. The van der Waals surface area contributed by atoms with Crippen molar-refractivity contribution in [3.05, 3.63) is 97.1 Å². The van der Waals surface area contributed by atoms with Crippen LogP contribution in [-0.2, 0) is 0 Å². The third-order valence-electron chi connectivity index (χ3n) is 6.25. The minimum Gasteiger partial charge on any atom is -0.426 e. The van der Waals surface area contributed by atoms with Crippen LogP contribution in [0.1, 0.15) is 25.3 Å². The Bertz CT molecular complexity index is 1710. The van der Waals surface area contributed by atoms with Crippen LogP contribution in [0, 0.1) is 0 Å². The second-order valence-corrected chi connectivity index (χ2v) is 9.61. The van der Waals surface area contributed by atoms with Crippen molar-refractivity contribution in [3.8, 4) is 28.5 Å². The first-order chi connectivity index (χ1) is 20.4. The number of amides is 2. The Kier molecular flexibility index (Phi) is 7.85. The number of imidazole rings is 1. The molecule has 0 bridgehead atoms. The van der Waals surface area contributed by atoms with Crippen LogP contribution in [0.15, 0.2) is 91.5 Å². The molecule has 0 atom stereocenters. The van der Waals surface area contributed by atoms with Gasteiger partial charge in [0.1, 0.15) is 12.1 Å². The van der Waals surface area contributed by atoms with Crippen LogP contribution in [0.5, 0.6) is 5.75 Å². The number of halogens is 5. The van der Waals surface area contributed by atoms with Gasteiger partial charge in [-0.05, 0) is 66.1 Å². The van der Waals surface area contributed by atoms with E-state index in [2.05, 4.69) is 44.3 Å². The van der Waals surface area contributed by atoms with Crippen molar-refractivity contribution in [1.82, 2.24) is 24.3 Å². The highest BCUT2D eigenvalue weighted by atomic mass is 19.4. The van der Waals surface area contributed by atoms with E-state index < -0.39 is 24.1 Å². The Morgan fingerprint density at radius 1 is 0.884 bits per heavy atom. The Labute approximate surface area is 242 Å². The van der Waals surface area contributed by atoms with Gasteiger partial charge in [-0.2, -0.15) is 22.0 Å². The molecule has 2 heterocycles. The summed E-state index contributed by atoms with van der Waals surface area (Å²) in [5.41, 5.74) is 3.47. The normalized spacial score (nSPS) is 11.9. The van der Waals surface area contributed by atoms with Crippen molar-refractivity contribution in [2.24, 2.45) is 0 Å². The number of benzene rings is 3. The number of urea groups is 1. The Hall–Kier alpha value is -5.27. The number of ether oxygens (including phenoxy) is 1. The molecule has 0 saturated carbocycles. The highest BCUT2D eigenvalue weighted by molar-refractivity contribution is 5.99. The lowest BCUT2D eigenvalue weighted by Gasteiger charge is -2.20. The van der Waals surface area contributed by atoms with E-state index in [0.29, 0.717) is 28.7 Å². The lowest BCUT2D eigenvalue weighted by Crippen LogP contribution is -2.41. The number of rotatable bonds is 8. The average Bonchev–Trinajstić information content (AvgIpc) is 3.63. The van der Waals surface area contributed by atoms with Gasteiger partial charge < -0.3 is 10.1 Å². The van der Waals surface area contributed by atoms with Gasteiger partial charge in [0.05, 0.1) is 11.4 Å². The number of nitrogens with one attached hydrogen (secondary N) is 2. The monoisotopic (exact) mass is 597 g/mol. The van der Waals surface area contributed by atoms with Gasteiger partial charge in [-0.15, -0.1) is 5.10 Å². The maximum Gasteiger partial charge on any atom is 0.499 e. The van der Waals surface area contributed by atoms with Crippen molar-refractivity contribution >= 4 is 17.7 Å². The summed E-state index contributed by atoms with van der Waals surface area (Å²) in [6.07, 6.45) is -6.44. The predicted molar refractivity (Wildman–Crippen MR) is 149 cm³/mol. The SMILES string of the molecule is CC(C)c1ccccc1-n1ccnc1NC(=O)Nc1ccc(-c2ncn(-c3ccc(OC(F)(F)C(F)(F)F)cc3)n2)cc1. The molecule has 2 amide bonds. The number of nitrogens with zero attached hydrogens (tertiary/aromatic N) is 5. The van der Waals surface area contributed by atoms with Crippen LogP contribution < -0.4 is 15.4 Å². The topological polar surface area (TPSA) is 98.9 Å². The quantitative estimate of drug-likeness (QED) is 0.181. The van der Waals surface area contributed by atoms with Crippen LogP contribution in [0.2, 0.25) is 0 Å². The number of aromatic nitrogens is 5. The van der Waals surface area contributed by atoms with Crippen molar-refractivity contribution in [1.29, 1.82) is 0 Å². The second kappa shape index (κ2) is 11.5. The number of hydrogen-bond donors (Lipinski definition) is 2. The predicted octanol–water partition coefficient (Wildman–Crippen LogP) is 7.42. The molecule has 0 aliphatic heterocycles. The Morgan fingerprint density at radius 3 is 2.26 bits per heavy atom. The smallest absolute Gasteiger partial charge is 0.426 e. The molecule has 0 aliphatic carbocycles. The molecule has 5 aromatic rings. The zero-order valence-corrected chi connectivity index (χ0v) is 22.7. The van der Waals surface area contributed by atoms with Crippen molar-refractivity contribution in [2.75, 3.05) is 10.6 Å². The molecule has 0 radical (unpaired) electrons. The molecule has 0 aliphatic rings. The van der Waals surface area contributed by atoms with Crippen LogP contribution in [0.3, 0.4) is 0 Å². The highest BCUT2D eigenvalue weighted by Gasteiger charge is 2.61. The molecule has 43 heavy (non-hydrogen) atoms. The van der Waals surface area contributed by atoms with E-state index in [-0.39, 0.29) is 5.92 Å². The largest absolute Gasteiger partial charge is 0.499 e. The summed E-state index contributed by atoms with van der Waals surface area (Å²) in [6.45, 7) is 4.17. The molecule has 0 fully saturated rings. The molecule has 0 saturated heterocycles. The fourth-order valence-corrected chi connectivity index (χ4v) is 4.14. The molecule has 2 N–H and O–H groups in total. The van der Waals surface area contributed by atoms with Gasteiger partial charge in [0.2, 0.25) is 5.95 Å². The number of para-hydroxylation sites is 1. The van der Waals surface area contributed by atoms with E-state index in [1.54, 1.807) is 41.2 Å². The number of alkyl halides is 5. The summed E-state index contributed by atoms with van der Waals surface area (Å²) < 4.78 is 70.3. The molecule has 9 nitrogen and oxygen atoms in total. The zero-order valence-electron chi connectivity index (χ0n) is 22.7. The first kappa shape index (κ1) is 29.2. The minimum absolute atomic E-state index is 0.266. The Balaban J connectivity index is 1.22. The van der Waals surface area contributed by atoms with Gasteiger partial charge in [-0.3, -0.25) is 9.88 Å². The molecule has 14 heteroatoms. The Morgan fingerprint density at radius 2 is 1.58 bits per heavy atom. The fraction of sp³-hybridized carbons (Fsp3) is 0.172. The minimum atomic E-state index is -5.84. The van der Waals surface area contributed by atoms with Crippen molar-refractivity contribution < 1.29 is 31.5 Å². The lowest BCUT2D eigenvalue weighted by atomic mass is 10.0. The van der Waals surface area contributed by atoms with E-state index >= 15 is 0 Å². The van der Waals surface area contributed by atoms with E-state index in [0.717, 1.165) is 23.4 Å². The molecule has 0 unspecified atom stereocenters. The number of carbonyl (C=O) groups excluding carboxylic acids is 1. The summed E-state index contributed by atoms with van der Waals surface area (Å²) in [7, 11) is 0. The molecular weight excluding hydrogens is 573 g/mol. The molecule has 5 rings (SSSR count). The van der Waals surface area contributed by atoms with Gasteiger partial charge in [-0.1, -0.05) is 32.0 Å². The summed E-state index contributed by atoms with van der Waals surface area (Å²) in [4.78, 5) is 21.2. The zero-order chi connectivity index (χ0) is 30.8. The van der Waals surface area contributed by atoms with Crippen LogP contribution >= 0.6 is 0 Å².